The lowest BCUT2D eigenvalue weighted by Gasteiger charge is -2.19. The van der Waals surface area contributed by atoms with E-state index in [1.165, 1.54) is 0 Å². The molecule has 0 amide bonds. The first-order chi connectivity index (χ1) is 7.56. The zero-order chi connectivity index (χ0) is 12.1. The molecule has 0 aliphatic carbocycles. The number of carbonyl (C=O) groups is 1. The molecule has 1 aromatic rings. The minimum absolute atomic E-state index is 0.183. The van der Waals surface area contributed by atoms with Crippen LogP contribution in [0.5, 0.6) is 0 Å². The zero-order valence-electron chi connectivity index (χ0n) is 9.74. The summed E-state index contributed by atoms with van der Waals surface area (Å²) in [7, 11) is 0. The van der Waals surface area contributed by atoms with E-state index in [0.29, 0.717) is 6.61 Å². The van der Waals surface area contributed by atoms with Crippen molar-refractivity contribution in [3.05, 3.63) is 28.5 Å². The Hall–Kier alpha value is -0.900. The molecule has 1 aromatic heterocycles. The Morgan fingerprint density at radius 3 is 2.69 bits per heavy atom. The summed E-state index contributed by atoms with van der Waals surface area (Å²) < 4.78 is 5.95. The highest BCUT2D eigenvalue weighted by molar-refractivity contribution is 9.10. The topological polar surface area (TPSA) is 39.2 Å². The van der Waals surface area contributed by atoms with E-state index in [1.807, 2.05) is 26.8 Å². The third-order valence-corrected chi connectivity index (χ3v) is 2.73. The Morgan fingerprint density at radius 1 is 1.50 bits per heavy atom. The minimum atomic E-state index is -0.245. The molecule has 0 aromatic carbocycles. The van der Waals surface area contributed by atoms with E-state index in [9.17, 15) is 4.79 Å². The van der Waals surface area contributed by atoms with Crippen molar-refractivity contribution in [2.24, 2.45) is 5.92 Å². The lowest BCUT2D eigenvalue weighted by atomic mass is 9.89. The normalized spacial score (nSPS) is 12.6. The molecule has 88 valence electrons. The molecule has 0 saturated heterocycles. The first kappa shape index (κ1) is 13.2. The van der Waals surface area contributed by atoms with Gasteiger partial charge in [0.15, 0.2) is 0 Å². The second-order valence-electron chi connectivity index (χ2n) is 3.91. The van der Waals surface area contributed by atoms with Crippen LogP contribution in [0.2, 0.25) is 0 Å². The molecule has 3 nitrogen and oxygen atoms in total. The molecule has 0 radical (unpaired) electrons. The Balaban J connectivity index is 2.98. The molecular weight excluding hydrogens is 270 g/mol. The van der Waals surface area contributed by atoms with Crippen LogP contribution in [0.3, 0.4) is 0 Å². The van der Waals surface area contributed by atoms with Gasteiger partial charge < -0.3 is 4.74 Å². The maximum atomic E-state index is 11.8. The van der Waals surface area contributed by atoms with Crippen molar-refractivity contribution in [2.75, 3.05) is 6.61 Å². The van der Waals surface area contributed by atoms with Gasteiger partial charge in [0.1, 0.15) is 0 Å². The van der Waals surface area contributed by atoms with Crippen LogP contribution < -0.4 is 0 Å². The largest absolute Gasteiger partial charge is 0.466 e. The number of nitrogens with zero attached hydrogens (tertiary/aromatic N) is 1. The number of rotatable bonds is 4. The van der Waals surface area contributed by atoms with E-state index in [1.54, 1.807) is 12.4 Å². The highest BCUT2D eigenvalue weighted by Crippen LogP contribution is 2.27. The summed E-state index contributed by atoms with van der Waals surface area (Å²) in [5.74, 6) is -0.238. The molecule has 0 fully saturated rings. The Kier molecular flexibility index (Phi) is 4.93. The molecule has 1 atom stereocenters. The first-order valence-corrected chi connectivity index (χ1v) is 6.12. The highest BCUT2D eigenvalue weighted by atomic mass is 79.9. The predicted molar refractivity (Wildman–Crippen MR) is 66.1 cm³/mol. The van der Waals surface area contributed by atoms with Gasteiger partial charge in [0.05, 0.1) is 12.5 Å². The van der Waals surface area contributed by atoms with Gasteiger partial charge in [0.2, 0.25) is 0 Å². The van der Waals surface area contributed by atoms with E-state index in [2.05, 4.69) is 20.9 Å². The zero-order valence-corrected chi connectivity index (χ0v) is 11.3. The molecule has 0 N–H and O–H groups in total. The Morgan fingerprint density at radius 2 is 2.19 bits per heavy atom. The van der Waals surface area contributed by atoms with E-state index in [-0.39, 0.29) is 17.8 Å². The molecule has 1 unspecified atom stereocenters. The summed E-state index contributed by atoms with van der Waals surface area (Å²) in [5.41, 5.74) is 0.892. The van der Waals surface area contributed by atoms with Gasteiger partial charge >= 0.3 is 5.97 Å². The molecule has 0 spiro atoms. The van der Waals surface area contributed by atoms with Crippen molar-refractivity contribution < 1.29 is 9.53 Å². The number of hydrogen-bond donors (Lipinski definition) is 0. The summed E-state index contributed by atoms with van der Waals surface area (Å²) in [6.45, 7) is 6.23. The second-order valence-corrected chi connectivity index (χ2v) is 4.83. The van der Waals surface area contributed by atoms with Crippen molar-refractivity contribution in [2.45, 2.75) is 26.7 Å². The van der Waals surface area contributed by atoms with Gasteiger partial charge in [-0.05, 0) is 40.4 Å². The predicted octanol–water partition coefficient (Wildman–Crippen LogP) is 3.15. The minimum Gasteiger partial charge on any atom is -0.466 e. The molecule has 0 saturated carbocycles. The van der Waals surface area contributed by atoms with E-state index in [0.717, 1.165) is 10.0 Å². The summed E-state index contributed by atoms with van der Waals surface area (Å²) >= 11 is 3.35. The van der Waals surface area contributed by atoms with Crippen LogP contribution in [0.15, 0.2) is 22.9 Å². The lowest BCUT2D eigenvalue weighted by molar-refractivity contribution is -0.146. The highest BCUT2D eigenvalue weighted by Gasteiger charge is 2.25. The molecule has 0 aliphatic rings. The molecule has 16 heavy (non-hydrogen) atoms. The van der Waals surface area contributed by atoms with Crippen molar-refractivity contribution in [1.29, 1.82) is 0 Å². The van der Waals surface area contributed by atoms with Crippen LogP contribution >= 0.6 is 15.9 Å². The lowest BCUT2D eigenvalue weighted by Crippen LogP contribution is -2.21. The van der Waals surface area contributed by atoms with Crippen LogP contribution in [-0.4, -0.2) is 17.6 Å². The number of esters is 1. The Labute approximate surface area is 104 Å². The fraction of sp³-hybridized carbons (Fsp3) is 0.500. The molecule has 0 bridgehead atoms. The standard InChI is InChI=1S/C12H16BrNO2/c1-4-16-12(15)11(8(2)3)9-5-10(13)7-14-6-9/h5-8,11H,4H2,1-3H3. The SMILES string of the molecule is CCOC(=O)C(c1cncc(Br)c1)C(C)C. The van der Waals surface area contributed by atoms with Gasteiger partial charge in [-0.15, -0.1) is 0 Å². The average molecular weight is 286 g/mol. The second kappa shape index (κ2) is 5.99. The number of carbonyl (C=O) groups excluding carboxylic acids is 1. The smallest absolute Gasteiger partial charge is 0.313 e. The van der Waals surface area contributed by atoms with E-state index in [4.69, 9.17) is 4.74 Å². The maximum absolute atomic E-state index is 11.8. The van der Waals surface area contributed by atoms with Crippen LogP contribution in [0.1, 0.15) is 32.3 Å². The van der Waals surface area contributed by atoms with Gasteiger partial charge in [-0.1, -0.05) is 13.8 Å². The summed E-state index contributed by atoms with van der Waals surface area (Å²) in [6.07, 6.45) is 3.42. The number of aromatic nitrogens is 1. The molecule has 4 heteroatoms. The van der Waals surface area contributed by atoms with Gasteiger partial charge in [-0.3, -0.25) is 9.78 Å². The number of hydrogen-bond acceptors (Lipinski definition) is 3. The van der Waals surface area contributed by atoms with E-state index < -0.39 is 0 Å². The van der Waals surface area contributed by atoms with Crippen molar-refractivity contribution in [1.82, 2.24) is 4.98 Å². The van der Waals surface area contributed by atoms with Crippen molar-refractivity contribution in [3.8, 4) is 0 Å². The van der Waals surface area contributed by atoms with Gasteiger partial charge in [0, 0.05) is 16.9 Å². The monoisotopic (exact) mass is 285 g/mol. The van der Waals surface area contributed by atoms with Gasteiger partial charge in [0.25, 0.3) is 0 Å². The fourth-order valence-electron chi connectivity index (χ4n) is 1.62. The third kappa shape index (κ3) is 3.30. The average Bonchev–Trinajstić information content (AvgIpc) is 2.17. The molecule has 1 rings (SSSR count). The molecule has 1 heterocycles. The van der Waals surface area contributed by atoms with Crippen LogP contribution in [0, 0.1) is 5.92 Å². The molecule has 0 aliphatic heterocycles. The summed E-state index contributed by atoms with van der Waals surface area (Å²) in [6, 6.07) is 1.91. The fourth-order valence-corrected chi connectivity index (χ4v) is 2.01. The van der Waals surface area contributed by atoms with Crippen molar-refractivity contribution in [3.63, 3.8) is 0 Å². The number of ether oxygens (including phenoxy) is 1. The number of halogens is 1. The number of pyridine rings is 1. The quantitative estimate of drug-likeness (QED) is 0.798. The van der Waals surface area contributed by atoms with Gasteiger partial charge in [-0.25, -0.2) is 0 Å². The van der Waals surface area contributed by atoms with Crippen LogP contribution in [0.25, 0.3) is 0 Å². The van der Waals surface area contributed by atoms with Crippen LogP contribution in [0.4, 0.5) is 0 Å². The maximum Gasteiger partial charge on any atom is 0.313 e. The molecular formula is C12H16BrNO2. The van der Waals surface area contributed by atoms with Crippen molar-refractivity contribution >= 4 is 21.9 Å². The Bertz CT molecular complexity index is 366. The third-order valence-electron chi connectivity index (χ3n) is 2.29. The van der Waals surface area contributed by atoms with Crippen LogP contribution in [-0.2, 0) is 9.53 Å². The van der Waals surface area contributed by atoms with Gasteiger partial charge in [-0.2, -0.15) is 0 Å². The van der Waals surface area contributed by atoms with E-state index >= 15 is 0 Å². The first-order valence-electron chi connectivity index (χ1n) is 5.33. The summed E-state index contributed by atoms with van der Waals surface area (Å²) in [5, 5.41) is 0. The summed E-state index contributed by atoms with van der Waals surface area (Å²) in [4.78, 5) is 15.9.